The third-order valence-corrected chi connectivity index (χ3v) is 7.05. The average Bonchev–Trinajstić information content (AvgIpc) is 2.97. The van der Waals surface area contributed by atoms with E-state index < -0.39 is 78.8 Å². The molecule has 17 nitrogen and oxygen atoms in total. The number of nitrogens with one attached hydrogen (secondary N) is 5. The van der Waals surface area contributed by atoms with Gasteiger partial charge in [-0.05, 0) is 43.4 Å². The molecule has 0 spiro atoms. The second-order valence-corrected chi connectivity index (χ2v) is 12.2. The second kappa shape index (κ2) is 21.7. The lowest BCUT2D eigenvalue weighted by Crippen LogP contribution is -2.58. The number of carbonyl (C=O) groups is 6. The van der Waals surface area contributed by atoms with E-state index >= 15 is 0 Å². The van der Waals surface area contributed by atoms with E-state index in [0.29, 0.717) is 19.3 Å². The van der Waals surface area contributed by atoms with Gasteiger partial charge in [-0.25, -0.2) is 0 Å². The number of hydrogen-bond donors (Lipinski definition) is 10. The number of hydrogen-bond acceptors (Lipinski definition) is 9. The van der Waals surface area contributed by atoms with Gasteiger partial charge in [0.05, 0.1) is 13.2 Å². The fraction of sp³-hybridized carbons (Fsp3) is 0.759. The third-order valence-electron chi connectivity index (χ3n) is 7.05. The summed E-state index contributed by atoms with van der Waals surface area (Å²) < 4.78 is 0. The topological polar surface area (TPSA) is 299 Å². The summed E-state index contributed by atoms with van der Waals surface area (Å²) in [5.74, 6) is -4.50. The van der Waals surface area contributed by atoms with E-state index in [1.54, 1.807) is 6.92 Å². The molecule has 6 amide bonds. The Morgan fingerprint density at radius 1 is 0.739 bits per heavy atom. The smallest absolute Gasteiger partial charge is 0.243 e. The summed E-state index contributed by atoms with van der Waals surface area (Å²) in [5.41, 5.74) is 21.7. The van der Waals surface area contributed by atoms with Gasteiger partial charge in [0, 0.05) is 6.54 Å². The van der Waals surface area contributed by atoms with E-state index in [4.69, 9.17) is 22.9 Å². The summed E-state index contributed by atoms with van der Waals surface area (Å²) in [7, 11) is 0. The van der Waals surface area contributed by atoms with Gasteiger partial charge in [0.1, 0.15) is 30.2 Å². The summed E-state index contributed by atoms with van der Waals surface area (Å²) in [6.07, 6.45) is 1.46. The molecule has 0 aromatic carbocycles. The van der Waals surface area contributed by atoms with Crippen molar-refractivity contribution in [1.29, 1.82) is 0 Å². The van der Waals surface area contributed by atoms with Crippen LogP contribution in [0.3, 0.4) is 0 Å². The Bertz CT molecular complexity index is 1050. The first-order chi connectivity index (χ1) is 21.4. The Labute approximate surface area is 271 Å². The monoisotopic (exact) mass is 656 g/mol. The molecular formula is C29H56N10O7. The van der Waals surface area contributed by atoms with Crippen LogP contribution in [-0.2, 0) is 28.8 Å². The van der Waals surface area contributed by atoms with Crippen molar-refractivity contribution in [2.45, 2.75) is 104 Å². The SMILES string of the molecule is CC[C@H](C)[C@H](NC(=O)[C@H](CC(C)C)NC(=O)[C@H](N)CO)C(=O)NCC(=O)N[C@@H](CCCN=C(N)N)C(=O)N[C@H](CC(C)C)C(N)=O. The summed E-state index contributed by atoms with van der Waals surface area (Å²) in [6.45, 7) is 10.0. The van der Waals surface area contributed by atoms with Gasteiger partial charge >= 0.3 is 0 Å². The molecule has 0 saturated heterocycles. The normalized spacial score (nSPS) is 15.0. The number of aliphatic imine (C=N–C) groups is 1. The molecule has 0 aliphatic heterocycles. The van der Waals surface area contributed by atoms with E-state index in [-0.39, 0.29) is 43.1 Å². The van der Waals surface area contributed by atoms with E-state index in [9.17, 15) is 33.9 Å². The fourth-order valence-corrected chi connectivity index (χ4v) is 4.31. The molecule has 0 saturated carbocycles. The molecule has 0 rings (SSSR count). The maximum Gasteiger partial charge on any atom is 0.243 e. The van der Waals surface area contributed by atoms with Gasteiger partial charge in [0.15, 0.2) is 5.96 Å². The highest BCUT2D eigenvalue weighted by atomic mass is 16.3. The second-order valence-electron chi connectivity index (χ2n) is 12.2. The number of carbonyl (C=O) groups excluding carboxylic acids is 6. The fourth-order valence-electron chi connectivity index (χ4n) is 4.31. The molecule has 0 heterocycles. The lowest BCUT2D eigenvalue weighted by atomic mass is 9.96. The van der Waals surface area contributed by atoms with Gasteiger partial charge in [-0.1, -0.05) is 48.0 Å². The van der Waals surface area contributed by atoms with Crippen LogP contribution in [0.25, 0.3) is 0 Å². The minimum Gasteiger partial charge on any atom is -0.394 e. The van der Waals surface area contributed by atoms with Crippen molar-refractivity contribution < 1.29 is 33.9 Å². The highest BCUT2D eigenvalue weighted by molar-refractivity contribution is 5.95. The van der Waals surface area contributed by atoms with Crippen molar-refractivity contribution >= 4 is 41.4 Å². The Morgan fingerprint density at radius 2 is 1.28 bits per heavy atom. The first-order valence-corrected chi connectivity index (χ1v) is 15.6. The first kappa shape index (κ1) is 42.0. The largest absolute Gasteiger partial charge is 0.394 e. The van der Waals surface area contributed by atoms with Crippen molar-refractivity contribution in [3.63, 3.8) is 0 Å². The van der Waals surface area contributed by atoms with E-state index in [0.717, 1.165) is 0 Å². The van der Waals surface area contributed by atoms with Gasteiger partial charge in [0.2, 0.25) is 35.4 Å². The van der Waals surface area contributed by atoms with Crippen LogP contribution in [0.1, 0.15) is 73.6 Å². The zero-order chi connectivity index (χ0) is 35.6. The van der Waals surface area contributed by atoms with E-state index in [1.807, 2.05) is 34.6 Å². The number of guanidine groups is 1. The lowest BCUT2D eigenvalue weighted by Gasteiger charge is -2.27. The standard InChI is InChI=1S/C29H56N10O7/c1-7-17(6)23(39-27(45)21(12-16(4)5)38-25(43)18(30)14-40)28(46)35-13-22(41)36-19(9-8-10-34-29(32)33)26(44)37-20(24(31)42)11-15(2)3/h15-21,23,40H,7-14,30H2,1-6H3,(H2,31,42)(H,35,46)(H,36,41)(H,37,44)(H,38,43)(H,39,45)(H4,32,33,34)/t17-,18+,19-,20+,21-,23-/m0/s1. The summed E-state index contributed by atoms with van der Waals surface area (Å²) in [5, 5.41) is 22.0. The number of aliphatic hydroxyl groups excluding tert-OH is 1. The molecular weight excluding hydrogens is 600 g/mol. The van der Waals surface area contributed by atoms with Crippen LogP contribution in [0.5, 0.6) is 0 Å². The van der Waals surface area contributed by atoms with Crippen LogP contribution < -0.4 is 49.5 Å². The molecule has 0 fully saturated rings. The maximum atomic E-state index is 13.2. The molecule has 0 aromatic rings. The van der Waals surface area contributed by atoms with Gasteiger partial charge < -0.3 is 54.6 Å². The molecule has 0 aliphatic carbocycles. The average molecular weight is 657 g/mol. The first-order valence-electron chi connectivity index (χ1n) is 15.6. The number of primary amides is 1. The Kier molecular flexibility index (Phi) is 19.8. The number of nitrogens with zero attached hydrogens (tertiary/aromatic N) is 1. The quantitative estimate of drug-likeness (QED) is 0.0321. The van der Waals surface area contributed by atoms with Gasteiger partial charge in [0.25, 0.3) is 0 Å². The van der Waals surface area contributed by atoms with Crippen molar-refractivity contribution in [3.05, 3.63) is 0 Å². The zero-order valence-corrected chi connectivity index (χ0v) is 27.9. The minimum atomic E-state index is -1.22. The molecule has 264 valence electrons. The van der Waals surface area contributed by atoms with Crippen LogP contribution in [0.4, 0.5) is 0 Å². The molecule has 0 bridgehead atoms. The van der Waals surface area contributed by atoms with Gasteiger partial charge in [-0.3, -0.25) is 33.8 Å². The van der Waals surface area contributed by atoms with Crippen LogP contribution in [-0.4, -0.2) is 96.4 Å². The van der Waals surface area contributed by atoms with E-state index in [2.05, 4.69) is 31.6 Å². The van der Waals surface area contributed by atoms with Gasteiger partial charge in [-0.15, -0.1) is 0 Å². The van der Waals surface area contributed by atoms with Crippen LogP contribution in [0, 0.1) is 17.8 Å². The highest BCUT2D eigenvalue weighted by Crippen LogP contribution is 2.11. The summed E-state index contributed by atoms with van der Waals surface area (Å²) in [4.78, 5) is 80.4. The molecule has 0 unspecified atom stereocenters. The van der Waals surface area contributed by atoms with Crippen molar-refractivity contribution in [3.8, 4) is 0 Å². The Balaban J connectivity index is 5.66. The Hall–Kier alpha value is -3.99. The minimum absolute atomic E-state index is 0.00536. The number of amides is 6. The highest BCUT2D eigenvalue weighted by Gasteiger charge is 2.32. The van der Waals surface area contributed by atoms with Crippen LogP contribution in [0.2, 0.25) is 0 Å². The zero-order valence-electron chi connectivity index (χ0n) is 27.9. The maximum absolute atomic E-state index is 13.2. The number of aliphatic hydroxyl groups is 1. The summed E-state index contributed by atoms with van der Waals surface area (Å²) >= 11 is 0. The van der Waals surface area contributed by atoms with Crippen molar-refractivity contribution in [2.24, 2.45) is 45.7 Å². The van der Waals surface area contributed by atoms with Crippen molar-refractivity contribution in [2.75, 3.05) is 19.7 Å². The molecule has 14 N–H and O–H groups in total. The molecule has 6 atom stereocenters. The predicted molar refractivity (Wildman–Crippen MR) is 173 cm³/mol. The molecule has 0 aromatic heterocycles. The third kappa shape index (κ3) is 16.9. The molecule has 0 aliphatic rings. The molecule has 46 heavy (non-hydrogen) atoms. The van der Waals surface area contributed by atoms with E-state index in [1.165, 1.54) is 0 Å². The molecule has 17 heteroatoms. The number of rotatable bonds is 22. The molecule has 0 radical (unpaired) electrons. The predicted octanol–water partition coefficient (Wildman–Crippen LogP) is -2.96. The van der Waals surface area contributed by atoms with Crippen LogP contribution >= 0.6 is 0 Å². The van der Waals surface area contributed by atoms with Crippen LogP contribution in [0.15, 0.2) is 4.99 Å². The summed E-state index contributed by atoms with van der Waals surface area (Å²) in [6, 6.07) is -5.35. The number of nitrogens with two attached hydrogens (primary N) is 4. The van der Waals surface area contributed by atoms with Crippen molar-refractivity contribution in [1.82, 2.24) is 26.6 Å². The Morgan fingerprint density at radius 3 is 1.78 bits per heavy atom. The van der Waals surface area contributed by atoms with Gasteiger partial charge in [-0.2, -0.15) is 0 Å². The lowest BCUT2D eigenvalue weighted by molar-refractivity contribution is -0.134.